The zero-order chi connectivity index (χ0) is 38.1. The molecule has 4 aromatic rings. The lowest BCUT2D eigenvalue weighted by atomic mass is 9.83. The number of ketones is 2. The van der Waals surface area contributed by atoms with Crippen LogP contribution in [0.2, 0.25) is 0 Å². The summed E-state index contributed by atoms with van der Waals surface area (Å²) in [7, 11) is 0. The quantitative estimate of drug-likeness (QED) is 0.118. The molecule has 0 aromatic heterocycles. The van der Waals surface area contributed by atoms with Crippen LogP contribution in [0.25, 0.3) is 0 Å². The van der Waals surface area contributed by atoms with Crippen molar-refractivity contribution >= 4 is 51.5 Å². The molecule has 4 heterocycles. The lowest BCUT2D eigenvalue weighted by Crippen LogP contribution is -2.49. The van der Waals surface area contributed by atoms with E-state index >= 15 is 0 Å². The van der Waals surface area contributed by atoms with Crippen molar-refractivity contribution in [1.29, 1.82) is 0 Å². The van der Waals surface area contributed by atoms with Crippen LogP contribution in [0.15, 0.2) is 109 Å². The van der Waals surface area contributed by atoms with Gasteiger partial charge in [0.25, 0.3) is 0 Å². The number of hydrogen-bond acceptors (Lipinski definition) is 7. The van der Waals surface area contributed by atoms with Crippen molar-refractivity contribution in [3.8, 4) is 0 Å². The fraction of sp³-hybridized carbons (Fsp3) is 0.458. The van der Waals surface area contributed by atoms with Crippen LogP contribution in [0.3, 0.4) is 0 Å². The smallest absolute Gasteiger partial charge is 0.165 e. The molecule has 0 bridgehead atoms. The Morgan fingerprint density at radius 2 is 1.02 bits per heavy atom. The predicted octanol–water partition coefficient (Wildman–Crippen LogP) is 11.2. The minimum atomic E-state index is 0. The molecular weight excluding hydrogens is 777 g/mol. The van der Waals surface area contributed by atoms with E-state index in [1.165, 1.54) is 11.1 Å². The molecule has 4 aliphatic heterocycles. The molecule has 56 heavy (non-hydrogen) atoms. The van der Waals surface area contributed by atoms with Crippen molar-refractivity contribution in [1.82, 2.24) is 10.2 Å². The minimum absolute atomic E-state index is 0. The SMILES string of the molecule is BrCCc1ccccc1.C.C.CCS.O=C1CCC2(CCN(CCc3ccccc3)CC2)Nc2ccccc21.O=C1CCC2(CCNCC2)Nc2ccccc21. The van der Waals surface area contributed by atoms with Gasteiger partial charge in [-0.15, -0.1) is 0 Å². The fourth-order valence-electron chi connectivity index (χ4n) is 7.89. The molecule has 2 fully saturated rings. The fourth-order valence-corrected chi connectivity index (χ4v) is 8.35. The molecule has 0 radical (unpaired) electrons. The Balaban J connectivity index is 0.000000235. The average molecular weight is 844 g/mol. The van der Waals surface area contributed by atoms with Crippen LogP contribution >= 0.6 is 28.6 Å². The molecule has 6 nitrogen and oxygen atoms in total. The summed E-state index contributed by atoms with van der Waals surface area (Å²) in [5, 5.41) is 11.8. The number of alkyl halides is 1. The number of hydrogen-bond donors (Lipinski definition) is 4. The molecule has 8 heteroatoms. The van der Waals surface area contributed by atoms with Crippen molar-refractivity contribution in [3.63, 3.8) is 0 Å². The highest BCUT2D eigenvalue weighted by Gasteiger charge is 2.38. The zero-order valence-electron chi connectivity index (χ0n) is 32.0. The number of nitrogens with zero attached hydrogens (tertiary/aromatic N) is 1. The Labute approximate surface area is 352 Å². The summed E-state index contributed by atoms with van der Waals surface area (Å²) in [5.74, 6) is 1.51. The van der Waals surface area contributed by atoms with Crippen LogP contribution in [-0.4, -0.2) is 71.4 Å². The van der Waals surface area contributed by atoms with Crippen LogP contribution in [0, 0.1) is 0 Å². The number of thiol groups is 1. The number of halogens is 1. The standard InChI is InChI=1S/C22H26N2O.C14H18N2O.C8H9Br.C2H6S.2CH4/c25-21-10-12-22(23-20-9-5-4-8-19(20)21)13-16-24(17-14-22)15-11-18-6-2-1-3-7-18;17-13-5-6-14(7-9-15-10-8-14)16-12-4-2-1-3-11(12)13;9-7-6-8-4-2-1-3-5-8;1-2-3;;/h1-9,23H,10-17H2;1-4,15-16H,5-10H2;1-5H,6-7H2;3H,2H2,1H3;2*1H4. The summed E-state index contributed by atoms with van der Waals surface area (Å²) < 4.78 is 0. The Morgan fingerprint density at radius 1 is 0.607 bits per heavy atom. The summed E-state index contributed by atoms with van der Waals surface area (Å²) in [6, 6.07) is 37.1. The van der Waals surface area contributed by atoms with Crippen molar-refractivity contribution in [2.24, 2.45) is 0 Å². The lowest BCUT2D eigenvalue weighted by molar-refractivity contribution is 0.0961. The highest BCUT2D eigenvalue weighted by molar-refractivity contribution is 9.09. The molecule has 8 rings (SSSR count). The first-order valence-electron chi connectivity index (χ1n) is 19.9. The highest BCUT2D eigenvalue weighted by Crippen LogP contribution is 2.37. The number of piperidine rings is 2. The molecule has 304 valence electrons. The van der Waals surface area contributed by atoms with E-state index in [9.17, 15) is 9.59 Å². The number of likely N-dealkylation sites (tertiary alicyclic amines) is 1. The predicted molar refractivity (Wildman–Crippen MR) is 248 cm³/mol. The van der Waals surface area contributed by atoms with Gasteiger partial charge in [0.2, 0.25) is 0 Å². The molecule has 0 aliphatic carbocycles. The van der Waals surface area contributed by atoms with Gasteiger partial charge in [-0.2, -0.15) is 12.6 Å². The largest absolute Gasteiger partial charge is 0.379 e. The second-order valence-electron chi connectivity index (χ2n) is 14.8. The number of benzene rings is 4. The van der Waals surface area contributed by atoms with Gasteiger partial charge in [0.1, 0.15) is 0 Å². The van der Waals surface area contributed by atoms with E-state index in [1.54, 1.807) is 0 Å². The van der Waals surface area contributed by atoms with Crippen LogP contribution in [0.4, 0.5) is 11.4 Å². The first-order chi connectivity index (χ1) is 26.4. The van der Waals surface area contributed by atoms with Gasteiger partial charge >= 0.3 is 0 Å². The third kappa shape index (κ3) is 13.9. The van der Waals surface area contributed by atoms with Crippen molar-refractivity contribution in [3.05, 3.63) is 131 Å². The van der Waals surface area contributed by atoms with Gasteiger partial charge in [-0.1, -0.05) is 123 Å². The van der Waals surface area contributed by atoms with E-state index in [1.807, 2.05) is 55.5 Å². The number of aryl methyl sites for hydroxylation is 1. The number of fused-ring (bicyclic) bond motifs is 2. The lowest BCUT2D eigenvalue weighted by Gasteiger charge is -2.42. The van der Waals surface area contributed by atoms with Gasteiger partial charge in [-0.05, 0) is 106 Å². The topological polar surface area (TPSA) is 73.5 Å². The van der Waals surface area contributed by atoms with E-state index in [2.05, 4.69) is 110 Å². The van der Waals surface area contributed by atoms with E-state index in [0.717, 1.165) is 118 Å². The molecule has 3 N–H and O–H groups in total. The monoisotopic (exact) mass is 842 g/mol. The molecule has 4 aliphatic rings. The third-order valence-electron chi connectivity index (χ3n) is 11.1. The normalized spacial score (nSPS) is 17.6. The second kappa shape index (κ2) is 24.4. The van der Waals surface area contributed by atoms with Crippen LogP contribution < -0.4 is 16.0 Å². The maximum Gasteiger partial charge on any atom is 0.165 e. The summed E-state index contributed by atoms with van der Waals surface area (Å²) in [6.45, 7) is 7.41. The van der Waals surface area contributed by atoms with Gasteiger partial charge in [0, 0.05) is 71.4 Å². The average Bonchev–Trinajstić information content (AvgIpc) is 3.43. The van der Waals surface area contributed by atoms with Crippen molar-refractivity contribution in [2.45, 2.75) is 97.1 Å². The van der Waals surface area contributed by atoms with Gasteiger partial charge in [-0.3, -0.25) is 9.59 Å². The zero-order valence-corrected chi connectivity index (χ0v) is 34.5. The van der Waals surface area contributed by atoms with Gasteiger partial charge < -0.3 is 20.9 Å². The van der Waals surface area contributed by atoms with Crippen LogP contribution in [0.5, 0.6) is 0 Å². The van der Waals surface area contributed by atoms with Gasteiger partial charge in [-0.25, -0.2) is 0 Å². The minimum Gasteiger partial charge on any atom is -0.379 e. The maximum absolute atomic E-state index is 12.4. The highest BCUT2D eigenvalue weighted by atomic mass is 79.9. The third-order valence-corrected chi connectivity index (χ3v) is 11.5. The van der Waals surface area contributed by atoms with Gasteiger partial charge in [0.15, 0.2) is 11.6 Å². The number of rotatable bonds is 5. The first-order valence-corrected chi connectivity index (χ1v) is 21.6. The molecule has 2 spiro atoms. The van der Waals surface area contributed by atoms with Crippen LogP contribution in [0.1, 0.15) is 105 Å². The summed E-state index contributed by atoms with van der Waals surface area (Å²) in [5.41, 5.74) is 6.82. The number of carbonyl (C=O) groups is 2. The number of para-hydroxylation sites is 2. The summed E-state index contributed by atoms with van der Waals surface area (Å²) >= 11 is 7.17. The van der Waals surface area contributed by atoms with Gasteiger partial charge in [0.05, 0.1) is 0 Å². The number of carbonyl (C=O) groups excluding carboxylic acids is 2. The first kappa shape index (κ1) is 46.9. The molecule has 2 saturated heterocycles. The molecule has 0 saturated carbocycles. The van der Waals surface area contributed by atoms with E-state index in [4.69, 9.17) is 0 Å². The van der Waals surface area contributed by atoms with Crippen molar-refractivity contribution < 1.29 is 9.59 Å². The van der Waals surface area contributed by atoms with Crippen molar-refractivity contribution in [2.75, 3.05) is 54.4 Å². The Kier molecular flexibility index (Phi) is 20.4. The van der Waals surface area contributed by atoms with E-state index in [-0.39, 0.29) is 37.5 Å². The molecule has 0 amide bonds. The molecule has 0 atom stereocenters. The molecule has 4 aromatic carbocycles. The summed E-state index contributed by atoms with van der Waals surface area (Å²) in [4.78, 5) is 27.0. The number of nitrogens with one attached hydrogen (secondary N) is 3. The van der Waals surface area contributed by atoms with E-state index < -0.39 is 0 Å². The Morgan fingerprint density at radius 3 is 1.48 bits per heavy atom. The molecule has 0 unspecified atom stereocenters. The summed E-state index contributed by atoms with van der Waals surface area (Å²) in [6.07, 6.45) is 9.92. The number of anilines is 2. The van der Waals surface area contributed by atoms with E-state index in [0.29, 0.717) is 12.8 Å². The Bertz CT molecular complexity index is 1720. The molecular formula is C48H67BrN4O2S. The van der Waals surface area contributed by atoms with Crippen LogP contribution in [-0.2, 0) is 12.8 Å². The Hall–Kier alpha value is -3.43. The maximum atomic E-state index is 12.4. The second-order valence-corrected chi connectivity index (χ2v) is 16.2. The number of Topliss-reactive ketones (excluding diaryl/α,β-unsaturated/α-hetero) is 2.